The zero-order valence-electron chi connectivity index (χ0n) is 16.7. The van der Waals surface area contributed by atoms with Gasteiger partial charge in [-0.2, -0.15) is 0 Å². The zero-order valence-corrected chi connectivity index (χ0v) is 17.4. The predicted octanol–water partition coefficient (Wildman–Crippen LogP) is 5.01. The highest BCUT2D eigenvalue weighted by Gasteiger charge is 2.08. The number of halogens is 1. The van der Waals surface area contributed by atoms with E-state index in [4.69, 9.17) is 25.8 Å². The topological polar surface area (TPSA) is 52.6 Å². The van der Waals surface area contributed by atoms with E-state index in [0.29, 0.717) is 24.1 Å². The molecule has 0 amide bonds. The fourth-order valence-corrected chi connectivity index (χ4v) is 2.91. The van der Waals surface area contributed by atoms with Gasteiger partial charge in [-0.25, -0.2) is 4.98 Å². The van der Waals surface area contributed by atoms with Gasteiger partial charge in [0.1, 0.15) is 17.5 Å². The van der Waals surface area contributed by atoms with Crippen molar-refractivity contribution >= 4 is 11.6 Å². The number of hydrogen-bond donors (Lipinski definition) is 1. The number of hydrogen-bond acceptors (Lipinski definition) is 5. The summed E-state index contributed by atoms with van der Waals surface area (Å²) in [7, 11) is 1.67. The van der Waals surface area contributed by atoms with E-state index in [-0.39, 0.29) is 0 Å². The van der Waals surface area contributed by atoms with Crippen molar-refractivity contribution in [2.45, 2.75) is 26.6 Å². The van der Waals surface area contributed by atoms with E-state index in [2.05, 4.69) is 22.4 Å². The van der Waals surface area contributed by atoms with Gasteiger partial charge in [-0.3, -0.25) is 0 Å². The number of nitrogens with zero attached hydrogens (tertiary/aromatic N) is 1. The molecular weight excluding hydrogens is 388 g/mol. The van der Waals surface area contributed by atoms with Crippen LogP contribution in [0.5, 0.6) is 17.2 Å². The molecule has 29 heavy (non-hydrogen) atoms. The highest BCUT2D eigenvalue weighted by molar-refractivity contribution is 6.29. The van der Waals surface area contributed by atoms with Crippen molar-refractivity contribution < 1.29 is 14.2 Å². The molecule has 0 fully saturated rings. The first-order chi connectivity index (χ1) is 14.2. The Labute approximate surface area is 176 Å². The quantitative estimate of drug-likeness (QED) is 0.474. The maximum atomic E-state index is 5.93. The molecule has 1 N–H and O–H groups in total. The minimum absolute atomic E-state index is 0.402. The first kappa shape index (κ1) is 21.0. The van der Waals surface area contributed by atoms with E-state index in [1.165, 1.54) is 5.56 Å². The standard InChI is InChI=1S/C23H25ClN2O3/c1-3-28-22-12-18(14-25-13-17-4-8-20(27-2)9-5-17)6-10-21(22)29-16-19-7-11-23(24)26-15-19/h4-12,15,25H,3,13-14,16H2,1-2H3. The predicted molar refractivity (Wildman–Crippen MR) is 115 cm³/mol. The lowest BCUT2D eigenvalue weighted by molar-refractivity contribution is 0.269. The summed E-state index contributed by atoms with van der Waals surface area (Å²) >= 11 is 5.82. The van der Waals surface area contributed by atoms with Gasteiger partial charge in [0.25, 0.3) is 0 Å². The van der Waals surface area contributed by atoms with Crippen molar-refractivity contribution in [2.24, 2.45) is 0 Å². The van der Waals surface area contributed by atoms with Crippen LogP contribution in [0.25, 0.3) is 0 Å². The molecule has 0 aliphatic heterocycles. The summed E-state index contributed by atoms with van der Waals surface area (Å²) in [4.78, 5) is 4.07. The summed E-state index contributed by atoms with van der Waals surface area (Å²) in [6.45, 7) is 4.44. The van der Waals surface area contributed by atoms with E-state index in [0.717, 1.165) is 35.7 Å². The van der Waals surface area contributed by atoms with Gasteiger partial charge in [0.15, 0.2) is 11.5 Å². The largest absolute Gasteiger partial charge is 0.497 e. The van der Waals surface area contributed by atoms with Crippen LogP contribution in [-0.4, -0.2) is 18.7 Å². The molecule has 0 atom stereocenters. The zero-order chi connectivity index (χ0) is 20.5. The molecule has 2 aromatic carbocycles. The molecule has 1 heterocycles. The summed E-state index contributed by atoms with van der Waals surface area (Å²) in [5.74, 6) is 2.30. The number of aromatic nitrogens is 1. The van der Waals surface area contributed by atoms with Crippen LogP contribution in [0.1, 0.15) is 23.6 Å². The first-order valence-electron chi connectivity index (χ1n) is 9.50. The van der Waals surface area contributed by atoms with E-state index in [9.17, 15) is 0 Å². The van der Waals surface area contributed by atoms with E-state index in [1.54, 1.807) is 19.4 Å². The average molecular weight is 413 g/mol. The molecule has 3 aromatic rings. The smallest absolute Gasteiger partial charge is 0.161 e. The van der Waals surface area contributed by atoms with Crippen molar-refractivity contribution in [1.29, 1.82) is 0 Å². The van der Waals surface area contributed by atoms with Crippen LogP contribution < -0.4 is 19.5 Å². The molecule has 0 spiro atoms. The summed E-state index contributed by atoms with van der Waals surface area (Å²) in [6, 6.07) is 17.7. The van der Waals surface area contributed by atoms with Crippen LogP contribution >= 0.6 is 11.6 Å². The maximum absolute atomic E-state index is 5.93. The highest BCUT2D eigenvalue weighted by Crippen LogP contribution is 2.29. The van der Waals surface area contributed by atoms with Gasteiger partial charge in [-0.1, -0.05) is 35.9 Å². The Morgan fingerprint density at radius 3 is 2.28 bits per heavy atom. The van der Waals surface area contributed by atoms with Gasteiger partial charge in [0.05, 0.1) is 13.7 Å². The third-order valence-corrected chi connectivity index (χ3v) is 4.53. The first-order valence-corrected chi connectivity index (χ1v) is 9.88. The lowest BCUT2D eigenvalue weighted by atomic mass is 10.1. The second kappa shape index (κ2) is 10.7. The number of benzene rings is 2. The van der Waals surface area contributed by atoms with Gasteiger partial charge >= 0.3 is 0 Å². The van der Waals surface area contributed by atoms with Crippen molar-refractivity contribution in [1.82, 2.24) is 10.3 Å². The van der Waals surface area contributed by atoms with Crippen molar-refractivity contribution in [3.8, 4) is 17.2 Å². The number of rotatable bonds is 10. The van der Waals surface area contributed by atoms with E-state index in [1.807, 2.05) is 43.3 Å². The second-order valence-electron chi connectivity index (χ2n) is 6.44. The van der Waals surface area contributed by atoms with Gasteiger partial charge in [-0.15, -0.1) is 0 Å². The summed E-state index contributed by atoms with van der Waals surface area (Å²) < 4.78 is 16.9. The maximum Gasteiger partial charge on any atom is 0.161 e. The van der Waals surface area contributed by atoms with Crippen LogP contribution in [0.4, 0.5) is 0 Å². The van der Waals surface area contributed by atoms with Crippen molar-refractivity contribution in [2.75, 3.05) is 13.7 Å². The van der Waals surface area contributed by atoms with Crippen LogP contribution in [0.15, 0.2) is 60.8 Å². The Morgan fingerprint density at radius 2 is 1.59 bits per heavy atom. The number of pyridine rings is 1. The Morgan fingerprint density at radius 1 is 0.862 bits per heavy atom. The second-order valence-corrected chi connectivity index (χ2v) is 6.83. The molecule has 3 rings (SSSR count). The fraction of sp³-hybridized carbons (Fsp3) is 0.261. The monoisotopic (exact) mass is 412 g/mol. The third-order valence-electron chi connectivity index (χ3n) is 4.31. The van der Waals surface area contributed by atoms with Gasteiger partial charge in [-0.05, 0) is 48.4 Å². The Kier molecular flexibility index (Phi) is 7.73. The molecule has 0 saturated heterocycles. The Bertz CT molecular complexity index is 899. The number of nitrogens with one attached hydrogen (secondary N) is 1. The number of ether oxygens (including phenoxy) is 3. The van der Waals surface area contributed by atoms with Crippen molar-refractivity contribution in [3.05, 3.63) is 82.6 Å². The Balaban J connectivity index is 1.58. The number of methoxy groups -OCH3 is 1. The Hall–Kier alpha value is -2.76. The van der Waals surface area contributed by atoms with Crippen LogP contribution in [0, 0.1) is 0 Å². The molecule has 0 radical (unpaired) electrons. The van der Waals surface area contributed by atoms with Gasteiger partial charge in [0, 0.05) is 24.8 Å². The third kappa shape index (κ3) is 6.38. The van der Waals surface area contributed by atoms with Gasteiger partial charge < -0.3 is 19.5 Å². The SMILES string of the molecule is CCOc1cc(CNCc2ccc(OC)cc2)ccc1OCc1ccc(Cl)nc1. The molecule has 1 aromatic heterocycles. The van der Waals surface area contributed by atoms with Crippen LogP contribution in [0.3, 0.4) is 0 Å². The average Bonchev–Trinajstić information content (AvgIpc) is 2.75. The molecule has 5 nitrogen and oxygen atoms in total. The van der Waals surface area contributed by atoms with E-state index < -0.39 is 0 Å². The molecule has 0 saturated carbocycles. The fourth-order valence-electron chi connectivity index (χ4n) is 2.80. The minimum atomic E-state index is 0.402. The molecule has 0 aliphatic carbocycles. The minimum Gasteiger partial charge on any atom is -0.497 e. The molecule has 6 heteroatoms. The van der Waals surface area contributed by atoms with Crippen LogP contribution in [0.2, 0.25) is 5.15 Å². The van der Waals surface area contributed by atoms with E-state index >= 15 is 0 Å². The molecule has 152 valence electrons. The summed E-state index contributed by atoms with van der Waals surface area (Å²) in [5, 5.41) is 3.92. The summed E-state index contributed by atoms with van der Waals surface area (Å²) in [5.41, 5.74) is 3.27. The normalized spacial score (nSPS) is 10.6. The summed E-state index contributed by atoms with van der Waals surface area (Å²) in [6.07, 6.45) is 1.71. The molecule has 0 bridgehead atoms. The lowest BCUT2D eigenvalue weighted by Gasteiger charge is -2.14. The molecular formula is C23H25ClN2O3. The van der Waals surface area contributed by atoms with Crippen LogP contribution in [-0.2, 0) is 19.7 Å². The molecule has 0 unspecified atom stereocenters. The molecule has 0 aliphatic rings. The van der Waals surface area contributed by atoms with Crippen molar-refractivity contribution in [3.63, 3.8) is 0 Å². The lowest BCUT2D eigenvalue weighted by Crippen LogP contribution is -2.13. The van der Waals surface area contributed by atoms with Gasteiger partial charge in [0.2, 0.25) is 0 Å². The highest BCUT2D eigenvalue weighted by atomic mass is 35.5.